The molecular weight excluding hydrogens is 310 g/mol. The monoisotopic (exact) mass is 323 g/mol. The van der Waals surface area contributed by atoms with Crippen molar-refractivity contribution in [1.82, 2.24) is 0 Å². The molecule has 0 bridgehead atoms. The van der Waals surface area contributed by atoms with Gasteiger partial charge in [-0.2, -0.15) is 0 Å². The van der Waals surface area contributed by atoms with Crippen LogP contribution in [0, 0.1) is 6.92 Å². The molecule has 0 aliphatic rings. The van der Waals surface area contributed by atoms with E-state index >= 15 is 0 Å². The first kappa shape index (κ1) is 13.6. The maximum Gasteiger partial charge on any atom is 0.0410 e. The van der Waals surface area contributed by atoms with Crippen LogP contribution in [0.4, 0.5) is 0 Å². The van der Waals surface area contributed by atoms with Crippen LogP contribution in [-0.2, 0) is 6.42 Å². The molecule has 2 N–H and O–H groups in total. The lowest BCUT2D eigenvalue weighted by atomic mass is 9.99. The second-order valence-electron chi connectivity index (χ2n) is 4.47. The summed E-state index contributed by atoms with van der Waals surface area (Å²) in [5.41, 5.74) is 9.80. The van der Waals surface area contributed by atoms with E-state index in [2.05, 4.69) is 47.1 Å². The molecule has 0 amide bonds. The number of nitrogens with two attached hydrogens (primary N) is 1. The largest absolute Gasteiger partial charge is 0.324 e. The van der Waals surface area contributed by atoms with Gasteiger partial charge in [0, 0.05) is 15.5 Å². The van der Waals surface area contributed by atoms with Crippen molar-refractivity contribution < 1.29 is 0 Å². The van der Waals surface area contributed by atoms with E-state index in [9.17, 15) is 0 Å². The molecule has 2 aromatic carbocycles. The molecule has 1 nitrogen and oxygen atoms in total. The van der Waals surface area contributed by atoms with Crippen LogP contribution < -0.4 is 5.73 Å². The fourth-order valence-corrected chi connectivity index (χ4v) is 2.72. The predicted molar refractivity (Wildman–Crippen MR) is 81.0 cm³/mol. The molecule has 0 heterocycles. The lowest BCUT2D eigenvalue weighted by molar-refractivity contribution is 0.718. The van der Waals surface area contributed by atoms with Crippen LogP contribution in [0.5, 0.6) is 0 Å². The van der Waals surface area contributed by atoms with Crippen molar-refractivity contribution in [1.29, 1.82) is 0 Å². The van der Waals surface area contributed by atoms with Crippen LogP contribution in [0.15, 0.2) is 46.9 Å². The molecule has 0 aliphatic heterocycles. The smallest absolute Gasteiger partial charge is 0.0410 e. The third-order valence-corrected chi connectivity index (χ3v) is 3.85. The maximum absolute atomic E-state index is 6.26. The van der Waals surface area contributed by atoms with Crippen molar-refractivity contribution in [2.75, 3.05) is 0 Å². The Balaban J connectivity index is 2.21. The summed E-state index contributed by atoms with van der Waals surface area (Å²) < 4.78 is 1.01. The summed E-state index contributed by atoms with van der Waals surface area (Å²) in [7, 11) is 0. The lowest BCUT2D eigenvalue weighted by Gasteiger charge is -2.14. The standard InChI is InChI=1S/C15H15BrClN/c1-10-3-2-4-11(7-10)8-15(18)13-9-12(17)5-6-14(13)16/h2-7,9,15H,8,18H2,1H3. The highest BCUT2D eigenvalue weighted by molar-refractivity contribution is 9.10. The fourth-order valence-electron chi connectivity index (χ4n) is 2.00. The molecule has 0 spiro atoms. The summed E-state index contributed by atoms with van der Waals surface area (Å²) >= 11 is 9.53. The van der Waals surface area contributed by atoms with Gasteiger partial charge >= 0.3 is 0 Å². The third kappa shape index (κ3) is 3.35. The highest BCUT2D eigenvalue weighted by atomic mass is 79.9. The van der Waals surface area contributed by atoms with Crippen LogP contribution in [0.3, 0.4) is 0 Å². The minimum absolute atomic E-state index is 0.0557. The molecular formula is C15H15BrClN. The first-order chi connectivity index (χ1) is 8.56. The van der Waals surface area contributed by atoms with Gasteiger partial charge in [-0.1, -0.05) is 57.4 Å². The molecule has 0 aromatic heterocycles. The van der Waals surface area contributed by atoms with Crippen molar-refractivity contribution >= 4 is 27.5 Å². The van der Waals surface area contributed by atoms with Crippen molar-refractivity contribution in [3.05, 3.63) is 68.7 Å². The number of benzene rings is 2. The Bertz CT molecular complexity index is 554. The number of halogens is 2. The molecule has 0 aliphatic carbocycles. The van der Waals surface area contributed by atoms with Gasteiger partial charge in [0.15, 0.2) is 0 Å². The Kier molecular flexibility index (Phi) is 4.44. The zero-order chi connectivity index (χ0) is 13.1. The molecule has 1 atom stereocenters. The van der Waals surface area contributed by atoms with Gasteiger partial charge in [0.05, 0.1) is 0 Å². The molecule has 1 unspecified atom stereocenters. The van der Waals surface area contributed by atoms with Gasteiger partial charge in [0.2, 0.25) is 0 Å². The molecule has 94 valence electrons. The second-order valence-corrected chi connectivity index (χ2v) is 5.76. The molecule has 2 aromatic rings. The van der Waals surface area contributed by atoms with Gasteiger partial charge in [-0.3, -0.25) is 0 Å². The van der Waals surface area contributed by atoms with Crippen molar-refractivity contribution in [2.24, 2.45) is 5.73 Å². The Morgan fingerprint density at radius 1 is 1.22 bits per heavy atom. The molecule has 18 heavy (non-hydrogen) atoms. The summed E-state index contributed by atoms with van der Waals surface area (Å²) in [6.45, 7) is 2.09. The van der Waals surface area contributed by atoms with Gasteiger partial charge in [-0.05, 0) is 42.7 Å². The molecule has 0 saturated carbocycles. The molecule has 3 heteroatoms. The van der Waals surface area contributed by atoms with E-state index in [4.69, 9.17) is 17.3 Å². The zero-order valence-corrected chi connectivity index (χ0v) is 12.5. The number of aryl methyl sites for hydroxylation is 1. The average molecular weight is 325 g/mol. The Morgan fingerprint density at radius 3 is 2.72 bits per heavy atom. The number of rotatable bonds is 3. The zero-order valence-electron chi connectivity index (χ0n) is 10.2. The molecule has 0 radical (unpaired) electrons. The first-order valence-corrected chi connectivity index (χ1v) is 6.99. The van der Waals surface area contributed by atoms with Crippen LogP contribution >= 0.6 is 27.5 Å². The topological polar surface area (TPSA) is 26.0 Å². The van der Waals surface area contributed by atoms with Crippen LogP contribution in [0.1, 0.15) is 22.7 Å². The van der Waals surface area contributed by atoms with Gasteiger partial charge in [-0.25, -0.2) is 0 Å². The quantitative estimate of drug-likeness (QED) is 0.873. The van der Waals surface area contributed by atoms with Crippen molar-refractivity contribution in [2.45, 2.75) is 19.4 Å². The van der Waals surface area contributed by atoms with Crippen molar-refractivity contribution in [3.63, 3.8) is 0 Å². The highest BCUT2D eigenvalue weighted by Gasteiger charge is 2.11. The predicted octanol–water partition coefficient (Wildman–Crippen LogP) is 4.65. The molecule has 0 saturated heterocycles. The maximum atomic E-state index is 6.26. The summed E-state index contributed by atoms with van der Waals surface area (Å²) in [6, 6.07) is 14.1. The van der Waals surface area contributed by atoms with E-state index in [0.717, 1.165) is 16.5 Å². The van der Waals surface area contributed by atoms with Crippen LogP contribution in [0.2, 0.25) is 5.02 Å². The molecule has 0 fully saturated rings. The van der Waals surface area contributed by atoms with Crippen LogP contribution in [-0.4, -0.2) is 0 Å². The SMILES string of the molecule is Cc1cccc(CC(N)c2cc(Cl)ccc2Br)c1. The van der Waals surface area contributed by atoms with Gasteiger partial charge in [0.25, 0.3) is 0 Å². The van der Waals surface area contributed by atoms with Gasteiger partial charge in [-0.15, -0.1) is 0 Å². The number of hydrogen-bond donors (Lipinski definition) is 1. The molecule has 2 rings (SSSR count). The fraction of sp³-hybridized carbons (Fsp3) is 0.200. The second kappa shape index (κ2) is 5.87. The summed E-state index contributed by atoms with van der Waals surface area (Å²) in [5.74, 6) is 0. The van der Waals surface area contributed by atoms with Crippen molar-refractivity contribution in [3.8, 4) is 0 Å². The normalized spacial score (nSPS) is 12.4. The third-order valence-electron chi connectivity index (χ3n) is 2.90. The van der Waals surface area contributed by atoms with E-state index in [1.54, 1.807) is 0 Å². The summed E-state index contributed by atoms with van der Waals surface area (Å²) in [5, 5.41) is 0.716. The van der Waals surface area contributed by atoms with E-state index in [1.807, 2.05) is 18.2 Å². The number of hydrogen-bond acceptors (Lipinski definition) is 1. The minimum Gasteiger partial charge on any atom is -0.324 e. The Morgan fingerprint density at radius 2 is 2.00 bits per heavy atom. The van der Waals surface area contributed by atoms with Crippen LogP contribution in [0.25, 0.3) is 0 Å². The summed E-state index contributed by atoms with van der Waals surface area (Å²) in [6.07, 6.45) is 0.806. The van der Waals surface area contributed by atoms with E-state index in [1.165, 1.54) is 11.1 Å². The van der Waals surface area contributed by atoms with E-state index < -0.39 is 0 Å². The first-order valence-electron chi connectivity index (χ1n) is 5.82. The van der Waals surface area contributed by atoms with Gasteiger partial charge in [0.1, 0.15) is 0 Å². The lowest BCUT2D eigenvalue weighted by Crippen LogP contribution is -2.14. The van der Waals surface area contributed by atoms with E-state index in [0.29, 0.717) is 5.02 Å². The highest BCUT2D eigenvalue weighted by Crippen LogP contribution is 2.27. The minimum atomic E-state index is -0.0557. The Hall–Kier alpha value is -0.830. The van der Waals surface area contributed by atoms with E-state index in [-0.39, 0.29) is 6.04 Å². The van der Waals surface area contributed by atoms with Gasteiger partial charge < -0.3 is 5.73 Å². The summed E-state index contributed by atoms with van der Waals surface area (Å²) in [4.78, 5) is 0. The average Bonchev–Trinajstić information content (AvgIpc) is 2.32. The Labute approximate surface area is 121 Å².